The van der Waals surface area contributed by atoms with Crippen LogP contribution in [-0.2, 0) is 4.79 Å². The van der Waals surface area contributed by atoms with E-state index in [0.717, 1.165) is 42.8 Å². The van der Waals surface area contributed by atoms with Gasteiger partial charge >= 0.3 is 6.03 Å². The van der Waals surface area contributed by atoms with Crippen LogP contribution >= 0.6 is 11.3 Å². The first-order valence-corrected chi connectivity index (χ1v) is 10.5. The van der Waals surface area contributed by atoms with Crippen LogP contribution in [-0.4, -0.2) is 65.4 Å². The van der Waals surface area contributed by atoms with Crippen LogP contribution in [0.1, 0.15) is 36.7 Å². The van der Waals surface area contributed by atoms with Gasteiger partial charge in [0.15, 0.2) is 0 Å². The minimum absolute atomic E-state index is 0.0196. The number of hydrogen-bond donors (Lipinski definition) is 0. The molecule has 0 aliphatic carbocycles. The number of carbonyl (C=O) groups is 2. The molecule has 2 aromatic rings. The van der Waals surface area contributed by atoms with Gasteiger partial charge in [0, 0.05) is 39.6 Å². The number of carbonyl (C=O) groups excluding carboxylic acids is 2. The van der Waals surface area contributed by atoms with Crippen molar-refractivity contribution in [2.24, 2.45) is 5.92 Å². The van der Waals surface area contributed by atoms with Gasteiger partial charge in [-0.15, -0.1) is 11.3 Å². The van der Waals surface area contributed by atoms with Crippen molar-refractivity contribution in [1.82, 2.24) is 19.7 Å². The number of para-hydroxylation sites is 1. The summed E-state index contributed by atoms with van der Waals surface area (Å²) in [5, 5.41) is 1.06. The molecule has 144 valence electrons. The van der Waals surface area contributed by atoms with Crippen LogP contribution in [0.25, 0.3) is 10.2 Å². The van der Waals surface area contributed by atoms with Gasteiger partial charge in [0.25, 0.3) is 0 Å². The van der Waals surface area contributed by atoms with E-state index in [-0.39, 0.29) is 23.9 Å². The van der Waals surface area contributed by atoms with E-state index in [1.54, 1.807) is 30.3 Å². The van der Waals surface area contributed by atoms with Crippen LogP contribution in [0.3, 0.4) is 0 Å². The van der Waals surface area contributed by atoms with E-state index in [1.165, 1.54) is 4.70 Å². The van der Waals surface area contributed by atoms with Crippen molar-refractivity contribution in [1.29, 1.82) is 0 Å². The van der Waals surface area contributed by atoms with Crippen LogP contribution in [0.15, 0.2) is 24.3 Å². The van der Waals surface area contributed by atoms with Gasteiger partial charge in [0.1, 0.15) is 5.01 Å². The molecule has 0 saturated carbocycles. The number of rotatable bonds is 2. The first-order valence-electron chi connectivity index (χ1n) is 9.67. The van der Waals surface area contributed by atoms with E-state index in [4.69, 9.17) is 4.98 Å². The van der Waals surface area contributed by atoms with Gasteiger partial charge < -0.3 is 14.7 Å². The highest BCUT2D eigenvalue weighted by molar-refractivity contribution is 7.18. The van der Waals surface area contributed by atoms with Crippen LogP contribution in [0.5, 0.6) is 0 Å². The summed E-state index contributed by atoms with van der Waals surface area (Å²) in [7, 11) is 3.54. The first kappa shape index (κ1) is 18.2. The third-order valence-corrected chi connectivity index (χ3v) is 6.77. The van der Waals surface area contributed by atoms with Gasteiger partial charge in [-0.3, -0.25) is 4.79 Å². The monoisotopic (exact) mass is 386 g/mol. The molecule has 2 fully saturated rings. The van der Waals surface area contributed by atoms with E-state index in [1.807, 2.05) is 28.0 Å². The number of likely N-dealkylation sites (tertiary alicyclic amines) is 2. The van der Waals surface area contributed by atoms with Crippen LogP contribution in [0, 0.1) is 5.92 Å². The number of urea groups is 1. The van der Waals surface area contributed by atoms with Crippen molar-refractivity contribution in [3.05, 3.63) is 29.3 Å². The zero-order chi connectivity index (χ0) is 19.0. The lowest BCUT2D eigenvalue weighted by molar-refractivity contribution is -0.137. The first-order chi connectivity index (χ1) is 13.0. The summed E-state index contributed by atoms with van der Waals surface area (Å²) in [6, 6.07) is 8.31. The molecule has 1 unspecified atom stereocenters. The summed E-state index contributed by atoms with van der Waals surface area (Å²) in [4.78, 5) is 35.6. The highest BCUT2D eigenvalue weighted by atomic mass is 32.1. The van der Waals surface area contributed by atoms with Crippen molar-refractivity contribution < 1.29 is 9.59 Å². The van der Waals surface area contributed by atoms with Gasteiger partial charge in [0.05, 0.1) is 16.3 Å². The molecule has 0 bridgehead atoms. The fourth-order valence-corrected chi connectivity index (χ4v) is 5.27. The molecule has 4 rings (SSSR count). The number of benzene rings is 1. The summed E-state index contributed by atoms with van der Waals surface area (Å²) in [5.41, 5.74) is 1.02. The third-order valence-electron chi connectivity index (χ3n) is 5.63. The lowest BCUT2D eigenvalue weighted by Crippen LogP contribution is -2.47. The topological polar surface area (TPSA) is 56.8 Å². The van der Waals surface area contributed by atoms with E-state index in [9.17, 15) is 9.59 Å². The number of piperidine rings is 1. The molecular weight excluding hydrogens is 360 g/mol. The van der Waals surface area contributed by atoms with Gasteiger partial charge in [-0.1, -0.05) is 12.1 Å². The average molecular weight is 387 g/mol. The minimum Gasteiger partial charge on any atom is -0.333 e. The van der Waals surface area contributed by atoms with Crippen molar-refractivity contribution in [2.75, 3.05) is 33.7 Å². The molecule has 3 heterocycles. The Hall–Kier alpha value is -2.15. The molecule has 0 N–H and O–H groups in total. The second-order valence-electron chi connectivity index (χ2n) is 7.65. The Morgan fingerprint density at radius 1 is 1.11 bits per heavy atom. The maximum Gasteiger partial charge on any atom is 0.319 e. The standard InChI is InChI=1S/C20H26N4O2S/c1-22(2)20(26)23-12-9-14(10-13-23)19(25)24-11-5-7-16(24)18-21-15-6-3-4-8-17(15)27-18/h3-4,6,8,14,16H,5,7,9-13H2,1-2H3. The second-order valence-corrected chi connectivity index (χ2v) is 8.71. The Morgan fingerprint density at radius 2 is 1.85 bits per heavy atom. The molecule has 6 nitrogen and oxygen atoms in total. The van der Waals surface area contributed by atoms with E-state index in [0.29, 0.717) is 13.1 Å². The molecule has 27 heavy (non-hydrogen) atoms. The number of hydrogen-bond acceptors (Lipinski definition) is 4. The second kappa shape index (κ2) is 7.46. The van der Waals surface area contributed by atoms with Gasteiger partial charge in [-0.2, -0.15) is 0 Å². The highest BCUT2D eigenvalue weighted by Crippen LogP contribution is 2.38. The smallest absolute Gasteiger partial charge is 0.319 e. The molecule has 1 aromatic carbocycles. The molecule has 2 aliphatic heterocycles. The van der Waals surface area contributed by atoms with E-state index < -0.39 is 0 Å². The van der Waals surface area contributed by atoms with Gasteiger partial charge in [-0.05, 0) is 37.8 Å². The Bertz CT molecular complexity index is 808. The fourth-order valence-electron chi connectivity index (χ4n) is 4.15. The zero-order valence-electron chi connectivity index (χ0n) is 15.9. The van der Waals surface area contributed by atoms with Gasteiger partial charge in [-0.25, -0.2) is 9.78 Å². The summed E-state index contributed by atoms with van der Waals surface area (Å²) >= 11 is 1.71. The number of fused-ring (bicyclic) bond motifs is 1. The molecule has 7 heteroatoms. The molecule has 1 atom stereocenters. The van der Waals surface area contributed by atoms with Crippen molar-refractivity contribution >= 4 is 33.5 Å². The largest absolute Gasteiger partial charge is 0.333 e. The summed E-state index contributed by atoms with van der Waals surface area (Å²) in [6.07, 6.45) is 3.52. The molecule has 0 spiro atoms. The maximum absolute atomic E-state index is 13.2. The molecule has 0 radical (unpaired) electrons. The van der Waals surface area contributed by atoms with Crippen LogP contribution in [0.2, 0.25) is 0 Å². The zero-order valence-corrected chi connectivity index (χ0v) is 16.7. The number of nitrogens with zero attached hydrogens (tertiary/aromatic N) is 4. The van der Waals surface area contributed by atoms with E-state index >= 15 is 0 Å². The Labute approximate surface area is 163 Å². The molecule has 2 aliphatic rings. The lowest BCUT2D eigenvalue weighted by Gasteiger charge is -2.35. The Balaban J connectivity index is 1.44. The van der Waals surface area contributed by atoms with Crippen molar-refractivity contribution in [3.8, 4) is 0 Å². The lowest BCUT2D eigenvalue weighted by atomic mass is 9.95. The highest BCUT2D eigenvalue weighted by Gasteiger charge is 2.37. The Morgan fingerprint density at radius 3 is 2.56 bits per heavy atom. The maximum atomic E-state index is 13.2. The van der Waals surface area contributed by atoms with Gasteiger partial charge in [0.2, 0.25) is 5.91 Å². The Kier molecular flexibility index (Phi) is 5.04. The predicted molar refractivity (Wildman–Crippen MR) is 107 cm³/mol. The van der Waals surface area contributed by atoms with Crippen molar-refractivity contribution in [2.45, 2.75) is 31.7 Å². The fraction of sp³-hybridized carbons (Fsp3) is 0.550. The SMILES string of the molecule is CN(C)C(=O)N1CCC(C(=O)N2CCCC2c2nc3ccccc3s2)CC1. The molecule has 1 aromatic heterocycles. The number of aromatic nitrogens is 1. The molecule has 2 saturated heterocycles. The summed E-state index contributed by atoms with van der Waals surface area (Å²) < 4.78 is 1.18. The van der Waals surface area contributed by atoms with Crippen LogP contribution < -0.4 is 0 Å². The van der Waals surface area contributed by atoms with Crippen molar-refractivity contribution in [3.63, 3.8) is 0 Å². The number of amides is 3. The minimum atomic E-state index is 0.0196. The summed E-state index contributed by atoms with van der Waals surface area (Å²) in [5.74, 6) is 0.264. The number of thiazole rings is 1. The average Bonchev–Trinajstić information content (AvgIpc) is 3.33. The predicted octanol–water partition coefficient (Wildman–Crippen LogP) is 3.35. The molecule has 3 amide bonds. The van der Waals surface area contributed by atoms with E-state index in [2.05, 4.69) is 6.07 Å². The summed E-state index contributed by atoms with van der Waals surface area (Å²) in [6.45, 7) is 2.14. The molecular formula is C20H26N4O2S. The third kappa shape index (κ3) is 3.52. The van der Waals surface area contributed by atoms with Crippen LogP contribution in [0.4, 0.5) is 4.79 Å². The normalized spacial score (nSPS) is 21.0. The quantitative estimate of drug-likeness (QED) is 0.795.